The number of carbonyl (C=O) groups excluding carboxylic acids is 3. The Labute approximate surface area is 341 Å². The van der Waals surface area contributed by atoms with Gasteiger partial charge in [0, 0.05) is 46.9 Å². The SMILES string of the molecule is COC(=O)N[C@H](C(=O)N1CCCC1c1ncc(-c2ccc(-c3ccc(-c4cnc([C@@H]5CCCN5C(=O)[C@H](Cc5cn(C)cn5)N(C)C(=O)O)[nH]4)cc3)cc2)[nH]1)[C@@H](C)OC. The van der Waals surface area contributed by atoms with E-state index < -0.39 is 30.4 Å². The molecule has 7 rings (SSSR count). The van der Waals surface area contributed by atoms with Crippen molar-refractivity contribution in [2.75, 3.05) is 34.4 Å². The molecule has 0 spiro atoms. The number of ether oxygens (including phenoxy) is 2. The molecule has 17 nitrogen and oxygen atoms in total. The van der Waals surface area contributed by atoms with E-state index in [0.29, 0.717) is 36.9 Å². The standard InChI is InChI=1S/C42H50N10O7/c1-25(58-4)36(48-41(55)59-5)40(54)52-19-7-9-34(52)38-44-22-32(47-38)29-16-12-27(13-17-29)26-10-14-28(15-11-26)31-21-43-37(46-31)33-8-6-18-51(33)39(53)35(50(3)42(56)57)20-30-23-49(2)24-45-30/h10-17,21-25,33-36H,6-9,18-20H2,1-5H3,(H,43,46)(H,44,47)(H,48,55)(H,56,57)/t25-,33+,34?,35+,36+/m1/s1. The molecule has 0 bridgehead atoms. The summed E-state index contributed by atoms with van der Waals surface area (Å²) in [6, 6.07) is 13.9. The van der Waals surface area contributed by atoms with Gasteiger partial charge in [0.25, 0.3) is 0 Å². The lowest BCUT2D eigenvalue weighted by molar-refractivity contribution is -0.138. The van der Waals surface area contributed by atoms with Crippen LogP contribution in [0.5, 0.6) is 0 Å². The van der Waals surface area contributed by atoms with E-state index in [9.17, 15) is 24.3 Å². The van der Waals surface area contributed by atoms with Gasteiger partial charge in [-0.3, -0.25) is 14.5 Å². The lowest BCUT2D eigenvalue weighted by atomic mass is 10.0. The molecule has 17 heteroatoms. The average Bonchev–Trinajstić information content (AvgIpc) is 4.11. The second kappa shape index (κ2) is 17.6. The summed E-state index contributed by atoms with van der Waals surface area (Å²) in [4.78, 5) is 76.6. The fourth-order valence-electron chi connectivity index (χ4n) is 7.98. The number of aryl methyl sites for hydroxylation is 1. The molecule has 5 heterocycles. The number of nitrogens with zero attached hydrogens (tertiary/aromatic N) is 7. The van der Waals surface area contributed by atoms with Crippen LogP contribution in [0.15, 0.2) is 73.4 Å². The van der Waals surface area contributed by atoms with Gasteiger partial charge < -0.3 is 44.2 Å². The molecule has 2 aromatic carbocycles. The Hall–Kier alpha value is -6.49. The molecule has 2 fully saturated rings. The maximum Gasteiger partial charge on any atom is 0.407 e. The predicted molar refractivity (Wildman–Crippen MR) is 217 cm³/mol. The van der Waals surface area contributed by atoms with Crippen LogP contribution in [0.1, 0.15) is 62.0 Å². The van der Waals surface area contributed by atoms with Gasteiger partial charge in [-0.05, 0) is 54.9 Å². The van der Waals surface area contributed by atoms with E-state index in [-0.39, 0.29) is 30.3 Å². The minimum Gasteiger partial charge on any atom is -0.465 e. The number of likely N-dealkylation sites (N-methyl/N-ethyl adjacent to an activating group) is 1. The summed E-state index contributed by atoms with van der Waals surface area (Å²) in [5, 5.41) is 12.4. The first kappa shape index (κ1) is 40.7. The van der Waals surface area contributed by atoms with Crippen LogP contribution in [0.4, 0.5) is 9.59 Å². The molecule has 4 N–H and O–H groups in total. The van der Waals surface area contributed by atoms with Gasteiger partial charge in [0.05, 0.1) is 61.1 Å². The molecule has 5 atom stereocenters. The van der Waals surface area contributed by atoms with Crippen LogP contribution in [0.2, 0.25) is 0 Å². The van der Waals surface area contributed by atoms with Crippen molar-refractivity contribution < 1.29 is 33.8 Å². The second-order valence-electron chi connectivity index (χ2n) is 15.1. The first-order valence-electron chi connectivity index (χ1n) is 19.7. The predicted octanol–water partition coefficient (Wildman–Crippen LogP) is 5.17. The Bertz CT molecular complexity index is 2270. The second-order valence-corrected chi connectivity index (χ2v) is 15.1. The molecule has 0 aliphatic carbocycles. The van der Waals surface area contributed by atoms with Crippen LogP contribution < -0.4 is 5.32 Å². The normalized spacial score (nSPS) is 18.1. The minimum atomic E-state index is -1.18. The zero-order valence-electron chi connectivity index (χ0n) is 33.8. The molecule has 2 saturated heterocycles. The fraction of sp³-hybridized carbons (Fsp3) is 0.405. The number of hydrogen-bond donors (Lipinski definition) is 4. The number of amides is 4. The van der Waals surface area contributed by atoms with Crippen molar-refractivity contribution >= 4 is 24.0 Å². The van der Waals surface area contributed by atoms with E-state index >= 15 is 0 Å². The largest absolute Gasteiger partial charge is 0.465 e. The quantitative estimate of drug-likeness (QED) is 0.123. The van der Waals surface area contributed by atoms with Crippen molar-refractivity contribution in [3.63, 3.8) is 0 Å². The van der Waals surface area contributed by atoms with E-state index in [0.717, 1.165) is 57.8 Å². The van der Waals surface area contributed by atoms with Gasteiger partial charge in [0.15, 0.2) is 0 Å². The molecule has 1 unspecified atom stereocenters. The van der Waals surface area contributed by atoms with E-state index in [1.807, 2.05) is 55.6 Å². The van der Waals surface area contributed by atoms with Crippen molar-refractivity contribution in [1.82, 2.24) is 49.5 Å². The molecule has 4 amide bonds. The van der Waals surface area contributed by atoms with Crippen molar-refractivity contribution in [1.29, 1.82) is 0 Å². The summed E-state index contributed by atoms with van der Waals surface area (Å²) in [5.41, 5.74) is 6.22. The van der Waals surface area contributed by atoms with Gasteiger partial charge in [-0.2, -0.15) is 0 Å². The van der Waals surface area contributed by atoms with Crippen LogP contribution in [0, 0.1) is 0 Å². The van der Waals surface area contributed by atoms with Crippen molar-refractivity contribution in [3.05, 3.63) is 90.8 Å². The van der Waals surface area contributed by atoms with Gasteiger partial charge in [-0.15, -0.1) is 0 Å². The molecule has 5 aromatic rings. The summed E-state index contributed by atoms with van der Waals surface area (Å²) < 4.78 is 11.9. The number of imidazole rings is 3. The van der Waals surface area contributed by atoms with E-state index in [1.54, 1.807) is 46.2 Å². The maximum atomic E-state index is 13.9. The van der Waals surface area contributed by atoms with Gasteiger partial charge in [0.1, 0.15) is 23.7 Å². The smallest absolute Gasteiger partial charge is 0.407 e. The molecule has 0 radical (unpaired) electrons. The summed E-state index contributed by atoms with van der Waals surface area (Å²) in [6.07, 6.45) is 7.73. The van der Waals surface area contributed by atoms with Crippen LogP contribution in [-0.2, 0) is 32.5 Å². The fourth-order valence-corrected chi connectivity index (χ4v) is 7.98. The van der Waals surface area contributed by atoms with Crippen molar-refractivity contribution in [2.45, 2.75) is 69.3 Å². The number of carboxylic acid groups (broad SMARTS) is 1. The van der Waals surface area contributed by atoms with E-state index in [1.165, 1.54) is 21.3 Å². The summed E-state index contributed by atoms with van der Waals surface area (Å²) in [5.74, 6) is 0.816. The number of benzene rings is 2. The van der Waals surface area contributed by atoms with Crippen molar-refractivity contribution in [2.24, 2.45) is 7.05 Å². The lowest BCUT2D eigenvalue weighted by Gasteiger charge is -2.31. The molecule has 59 heavy (non-hydrogen) atoms. The average molecular weight is 807 g/mol. The highest BCUT2D eigenvalue weighted by Gasteiger charge is 2.40. The van der Waals surface area contributed by atoms with Gasteiger partial charge in [0.2, 0.25) is 11.8 Å². The van der Waals surface area contributed by atoms with Crippen molar-refractivity contribution in [3.8, 4) is 33.6 Å². The number of H-pyrrole nitrogens is 2. The van der Waals surface area contributed by atoms with Crippen LogP contribution >= 0.6 is 0 Å². The lowest BCUT2D eigenvalue weighted by Crippen LogP contribution is -2.54. The van der Waals surface area contributed by atoms with Gasteiger partial charge in [-0.1, -0.05) is 48.5 Å². The highest BCUT2D eigenvalue weighted by Crippen LogP contribution is 2.35. The Morgan fingerprint density at radius 3 is 1.80 bits per heavy atom. The number of nitrogens with one attached hydrogen (secondary N) is 3. The van der Waals surface area contributed by atoms with Crippen LogP contribution in [0.25, 0.3) is 33.6 Å². The monoisotopic (exact) mass is 806 g/mol. The first-order chi connectivity index (χ1) is 28.4. The number of likely N-dealkylation sites (tertiary alicyclic amines) is 2. The minimum absolute atomic E-state index is 0.173. The van der Waals surface area contributed by atoms with Crippen LogP contribution in [-0.4, -0.2) is 126 Å². The zero-order valence-corrected chi connectivity index (χ0v) is 33.8. The Balaban J connectivity index is 1.01. The number of hydrogen-bond acceptors (Lipinski definition) is 9. The number of methoxy groups -OCH3 is 2. The molecule has 0 saturated carbocycles. The Morgan fingerprint density at radius 2 is 1.34 bits per heavy atom. The summed E-state index contributed by atoms with van der Waals surface area (Å²) in [6.45, 7) is 2.77. The zero-order chi connectivity index (χ0) is 41.8. The molecule has 310 valence electrons. The molecule has 3 aromatic heterocycles. The Morgan fingerprint density at radius 1 is 0.831 bits per heavy atom. The topological polar surface area (TPSA) is 204 Å². The number of aromatic amines is 2. The third-order valence-corrected chi connectivity index (χ3v) is 11.4. The summed E-state index contributed by atoms with van der Waals surface area (Å²) >= 11 is 0. The van der Waals surface area contributed by atoms with Crippen LogP contribution in [0.3, 0.4) is 0 Å². The molecular formula is C42H50N10O7. The number of aromatic nitrogens is 6. The number of carbonyl (C=O) groups is 4. The summed E-state index contributed by atoms with van der Waals surface area (Å²) in [7, 11) is 6.00. The van der Waals surface area contributed by atoms with Gasteiger partial charge >= 0.3 is 12.2 Å². The highest BCUT2D eigenvalue weighted by atomic mass is 16.5. The highest BCUT2D eigenvalue weighted by molar-refractivity contribution is 5.87. The van der Waals surface area contributed by atoms with E-state index in [2.05, 4.69) is 30.2 Å². The molecule has 2 aliphatic rings. The number of alkyl carbamates (subject to hydrolysis) is 1. The Kier molecular flexibility index (Phi) is 12.1. The van der Waals surface area contributed by atoms with E-state index in [4.69, 9.17) is 9.47 Å². The third kappa shape index (κ3) is 8.69. The third-order valence-electron chi connectivity index (χ3n) is 11.4. The van der Waals surface area contributed by atoms with Gasteiger partial charge in [-0.25, -0.2) is 24.5 Å². The molecule has 2 aliphatic heterocycles. The number of rotatable bonds is 13. The molecular weight excluding hydrogens is 757 g/mol. The first-order valence-corrected chi connectivity index (χ1v) is 19.7. The maximum absolute atomic E-state index is 13.9.